The highest BCUT2D eigenvalue weighted by Crippen LogP contribution is 2.15. The van der Waals surface area contributed by atoms with Crippen molar-refractivity contribution in [2.75, 3.05) is 19.4 Å². The van der Waals surface area contributed by atoms with Crippen molar-refractivity contribution in [3.63, 3.8) is 0 Å². The van der Waals surface area contributed by atoms with Crippen LogP contribution < -0.4 is 10.1 Å². The highest BCUT2D eigenvalue weighted by Gasteiger charge is 2.08. The van der Waals surface area contributed by atoms with Crippen LogP contribution in [0.15, 0.2) is 79.0 Å². The van der Waals surface area contributed by atoms with Gasteiger partial charge in [-0.2, -0.15) is 0 Å². The van der Waals surface area contributed by atoms with Gasteiger partial charge >= 0.3 is 0 Å². The highest BCUT2D eigenvalue weighted by atomic mass is 16.5. The quantitative estimate of drug-likeness (QED) is 0.607. The van der Waals surface area contributed by atoms with E-state index in [1.807, 2.05) is 42.5 Å². The van der Waals surface area contributed by atoms with Crippen molar-refractivity contribution in [1.82, 2.24) is 9.88 Å². The van der Waals surface area contributed by atoms with Gasteiger partial charge in [0.25, 0.3) is 5.91 Å². The molecular formula is C24H23N3O3. The number of pyridine rings is 1. The summed E-state index contributed by atoms with van der Waals surface area (Å²) in [5.41, 5.74) is 2.81. The van der Waals surface area contributed by atoms with E-state index in [2.05, 4.69) is 10.3 Å². The summed E-state index contributed by atoms with van der Waals surface area (Å²) in [6.07, 6.45) is 4.89. The van der Waals surface area contributed by atoms with Crippen LogP contribution >= 0.6 is 0 Å². The molecule has 2 amide bonds. The number of rotatable bonds is 7. The molecule has 1 aromatic heterocycles. The summed E-state index contributed by atoms with van der Waals surface area (Å²) in [7, 11) is 3.37. The lowest BCUT2D eigenvalue weighted by Gasteiger charge is -2.11. The van der Waals surface area contributed by atoms with Gasteiger partial charge in [0.2, 0.25) is 5.91 Å². The van der Waals surface area contributed by atoms with Crippen LogP contribution in [0.1, 0.15) is 21.6 Å². The number of carbonyl (C=O) groups is 2. The summed E-state index contributed by atoms with van der Waals surface area (Å²) in [4.78, 5) is 29.9. The Labute approximate surface area is 175 Å². The molecule has 0 radical (unpaired) electrons. The molecule has 2 aromatic carbocycles. The molecule has 0 saturated heterocycles. The first-order chi connectivity index (χ1) is 14.5. The van der Waals surface area contributed by atoms with Gasteiger partial charge in [0.1, 0.15) is 12.4 Å². The third-order valence-electron chi connectivity index (χ3n) is 4.20. The standard InChI is InChI=1S/C24H23N3O3/c1-27(2)24(29)19-6-5-8-20(16-19)26-23(28)14-11-18-9-12-22(13-10-18)30-17-21-7-3-4-15-25-21/h3-16H,17H2,1-2H3,(H,26,28)/b14-11+. The van der Waals surface area contributed by atoms with Gasteiger partial charge in [-0.1, -0.05) is 24.3 Å². The minimum Gasteiger partial charge on any atom is -0.487 e. The van der Waals surface area contributed by atoms with E-state index in [9.17, 15) is 9.59 Å². The SMILES string of the molecule is CN(C)C(=O)c1cccc(NC(=O)/C=C/c2ccc(OCc3ccccn3)cc2)c1. The lowest BCUT2D eigenvalue weighted by molar-refractivity contribution is -0.111. The first-order valence-corrected chi connectivity index (χ1v) is 9.45. The fraction of sp³-hybridized carbons (Fsp3) is 0.125. The summed E-state index contributed by atoms with van der Waals surface area (Å²) in [5, 5.41) is 2.77. The lowest BCUT2D eigenvalue weighted by atomic mass is 10.1. The molecule has 0 spiro atoms. The van der Waals surface area contributed by atoms with Gasteiger partial charge in [0.15, 0.2) is 0 Å². The number of anilines is 1. The van der Waals surface area contributed by atoms with Crippen LogP contribution in [0, 0.1) is 0 Å². The number of benzene rings is 2. The second-order valence-electron chi connectivity index (χ2n) is 6.78. The summed E-state index contributed by atoms with van der Waals surface area (Å²) < 4.78 is 5.70. The van der Waals surface area contributed by atoms with E-state index < -0.39 is 0 Å². The van der Waals surface area contributed by atoms with Gasteiger partial charge in [-0.05, 0) is 54.1 Å². The van der Waals surface area contributed by atoms with E-state index in [1.165, 1.54) is 11.0 Å². The number of amides is 2. The minimum absolute atomic E-state index is 0.119. The Kier molecular flexibility index (Phi) is 6.95. The molecule has 0 unspecified atom stereocenters. The van der Waals surface area contributed by atoms with Crippen molar-refractivity contribution >= 4 is 23.6 Å². The zero-order valence-corrected chi connectivity index (χ0v) is 16.9. The predicted molar refractivity (Wildman–Crippen MR) is 117 cm³/mol. The summed E-state index contributed by atoms with van der Waals surface area (Å²) in [6, 6.07) is 20.0. The van der Waals surface area contributed by atoms with Crippen molar-refractivity contribution in [3.8, 4) is 5.75 Å². The highest BCUT2D eigenvalue weighted by molar-refractivity contribution is 6.03. The molecule has 0 aliphatic rings. The van der Waals surface area contributed by atoms with Crippen LogP contribution in [0.4, 0.5) is 5.69 Å². The van der Waals surface area contributed by atoms with E-state index in [4.69, 9.17) is 4.74 Å². The summed E-state index contributed by atoms with van der Waals surface area (Å²) in [5.74, 6) is 0.330. The Morgan fingerprint density at radius 2 is 1.83 bits per heavy atom. The van der Waals surface area contributed by atoms with E-state index in [0.29, 0.717) is 17.9 Å². The van der Waals surface area contributed by atoms with Gasteiger partial charge in [-0.25, -0.2) is 0 Å². The molecule has 0 fully saturated rings. The summed E-state index contributed by atoms with van der Waals surface area (Å²) >= 11 is 0. The average Bonchev–Trinajstić information content (AvgIpc) is 2.77. The van der Waals surface area contributed by atoms with Crippen LogP contribution in [0.5, 0.6) is 5.75 Å². The Balaban J connectivity index is 1.54. The van der Waals surface area contributed by atoms with Gasteiger partial charge in [0, 0.05) is 37.6 Å². The third-order valence-corrected chi connectivity index (χ3v) is 4.20. The molecule has 0 bridgehead atoms. The minimum atomic E-state index is -0.278. The van der Waals surface area contributed by atoms with Crippen LogP contribution in [-0.4, -0.2) is 35.8 Å². The molecule has 0 atom stereocenters. The van der Waals surface area contributed by atoms with Crippen LogP contribution in [0.3, 0.4) is 0 Å². The molecule has 0 aliphatic heterocycles. The second-order valence-corrected chi connectivity index (χ2v) is 6.78. The topological polar surface area (TPSA) is 71.5 Å². The van der Waals surface area contributed by atoms with Crippen molar-refractivity contribution in [2.45, 2.75) is 6.61 Å². The second kappa shape index (κ2) is 10.0. The van der Waals surface area contributed by atoms with Gasteiger partial charge in [-0.3, -0.25) is 14.6 Å². The fourth-order valence-electron chi connectivity index (χ4n) is 2.66. The Morgan fingerprint density at radius 3 is 2.53 bits per heavy atom. The zero-order chi connectivity index (χ0) is 21.3. The molecule has 1 N–H and O–H groups in total. The van der Waals surface area contributed by atoms with Crippen molar-refractivity contribution in [3.05, 3.63) is 95.8 Å². The van der Waals surface area contributed by atoms with Crippen molar-refractivity contribution in [1.29, 1.82) is 0 Å². The van der Waals surface area contributed by atoms with Crippen LogP contribution in [0.2, 0.25) is 0 Å². The van der Waals surface area contributed by atoms with Crippen LogP contribution in [-0.2, 0) is 11.4 Å². The lowest BCUT2D eigenvalue weighted by Crippen LogP contribution is -2.21. The monoisotopic (exact) mass is 401 g/mol. The smallest absolute Gasteiger partial charge is 0.253 e. The molecule has 6 heteroatoms. The number of ether oxygens (including phenoxy) is 1. The molecular weight excluding hydrogens is 378 g/mol. The number of hydrogen-bond acceptors (Lipinski definition) is 4. The Morgan fingerprint density at radius 1 is 1.03 bits per heavy atom. The van der Waals surface area contributed by atoms with E-state index in [-0.39, 0.29) is 11.8 Å². The average molecular weight is 401 g/mol. The van der Waals surface area contributed by atoms with E-state index in [0.717, 1.165) is 17.0 Å². The van der Waals surface area contributed by atoms with Gasteiger partial charge < -0.3 is 15.0 Å². The normalized spacial score (nSPS) is 10.6. The number of nitrogens with zero attached hydrogens (tertiary/aromatic N) is 2. The van der Waals surface area contributed by atoms with Crippen molar-refractivity contribution in [2.24, 2.45) is 0 Å². The molecule has 1 heterocycles. The number of carbonyl (C=O) groups excluding carboxylic acids is 2. The largest absolute Gasteiger partial charge is 0.487 e. The molecule has 3 aromatic rings. The Hall–Kier alpha value is -3.93. The van der Waals surface area contributed by atoms with Crippen LogP contribution in [0.25, 0.3) is 6.08 Å². The number of aromatic nitrogens is 1. The molecule has 0 saturated carbocycles. The maximum Gasteiger partial charge on any atom is 0.253 e. The molecule has 3 rings (SSSR count). The maximum absolute atomic E-state index is 12.2. The zero-order valence-electron chi connectivity index (χ0n) is 16.9. The van der Waals surface area contributed by atoms with Crippen molar-refractivity contribution < 1.29 is 14.3 Å². The van der Waals surface area contributed by atoms with E-state index >= 15 is 0 Å². The molecule has 30 heavy (non-hydrogen) atoms. The Bertz CT molecular complexity index is 1030. The first-order valence-electron chi connectivity index (χ1n) is 9.45. The molecule has 6 nitrogen and oxygen atoms in total. The summed E-state index contributed by atoms with van der Waals surface area (Å²) in [6.45, 7) is 0.397. The molecule has 0 aliphatic carbocycles. The first kappa shape index (κ1) is 20.8. The number of hydrogen-bond donors (Lipinski definition) is 1. The molecule has 152 valence electrons. The number of nitrogens with one attached hydrogen (secondary N) is 1. The fourth-order valence-corrected chi connectivity index (χ4v) is 2.66. The predicted octanol–water partition coefficient (Wildman–Crippen LogP) is 4.01. The maximum atomic E-state index is 12.2. The third kappa shape index (κ3) is 6.04. The van der Waals surface area contributed by atoms with E-state index in [1.54, 1.807) is 50.6 Å². The van der Waals surface area contributed by atoms with Gasteiger partial charge in [0.05, 0.1) is 5.69 Å². The van der Waals surface area contributed by atoms with Gasteiger partial charge in [-0.15, -0.1) is 0 Å².